The monoisotopic (exact) mass is 445 g/mol. The highest BCUT2D eigenvalue weighted by Gasteiger charge is 2.31. The minimum absolute atomic E-state index is 0.389. The van der Waals surface area contributed by atoms with Gasteiger partial charge >= 0.3 is 0 Å². The number of benzene rings is 3. The van der Waals surface area contributed by atoms with Crippen LogP contribution in [0.15, 0.2) is 42.7 Å². The van der Waals surface area contributed by atoms with Crippen LogP contribution in [-0.2, 0) is 12.6 Å². The normalized spacial score (nSPS) is 12.8. The Hall–Kier alpha value is -3.71. The number of hydrogen-bond donors (Lipinski definition) is 0. The zero-order valence-corrected chi connectivity index (χ0v) is 20.9. The van der Waals surface area contributed by atoms with Gasteiger partial charge in [-0.25, -0.2) is 11.1 Å². The van der Waals surface area contributed by atoms with E-state index in [4.69, 9.17) is 11.6 Å². The number of para-hydroxylation sites is 1. The lowest BCUT2D eigenvalue weighted by Gasteiger charge is -2.18. The summed E-state index contributed by atoms with van der Waals surface area (Å²) in [6.45, 7) is 20.8. The average molecular weight is 446 g/mol. The van der Waals surface area contributed by atoms with Crippen LogP contribution in [0.3, 0.4) is 0 Å². The topological polar surface area (TPSA) is 25.5 Å². The molecule has 0 atom stereocenters. The minimum Gasteiger partial charge on any atom is -0.307 e. The standard InChI is InChI=1S/C30H29N4/c1-16(2)20-10-9-11-21-22-12-17(3)18(4)25-28(22)34(27(20)21)24-14-19(30(5,6)31-7)13-23-26(24)29(25)33(8)15-32-23/h9-16H,1-6,8H3/q+1. The molecule has 0 aliphatic carbocycles. The van der Waals surface area contributed by atoms with Gasteiger partial charge in [0.05, 0.1) is 34.4 Å². The van der Waals surface area contributed by atoms with E-state index in [0.29, 0.717) is 5.92 Å². The summed E-state index contributed by atoms with van der Waals surface area (Å²) in [5.41, 5.74) is 10.1. The van der Waals surface area contributed by atoms with Crippen LogP contribution in [0.1, 0.15) is 55.9 Å². The Bertz CT molecular complexity index is 1840. The van der Waals surface area contributed by atoms with E-state index in [1.54, 1.807) is 0 Å². The number of rotatable bonds is 2. The van der Waals surface area contributed by atoms with Crippen molar-refractivity contribution < 1.29 is 4.57 Å². The molecule has 4 heteroatoms. The SMILES string of the molecule is [C-]#[N+]C(C)(C)c1cc2nc[n+](C)c3c4c(C)c(C)cc5c6cccc(C(C)C)c6n(c(c1)c23)c54. The first-order chi connectivity index (χ1) is 16.2. The van der Waals surface area contributed by atoms with E-state index in [-0.39, 0.29) is 0 Å². The lowest BCUT2D eigenvalue weighted by Crippen LogP contribution is -2.30. The minimum atomic E-state index is -0.628. The molecule has 0 saturated carbocycles. The Balaban J connectivity index is 2.07. The van der Waals surface area contributed by atoms with Gasteiger partial charge in [0.25, 0.3) is 11.9 Å². The predicted molar refractivity (Wildman–Crippen MR) is 141 cm³/mol. The van der Waals surface area contributed by atoms with Crippen LogP contribution in [-0.4, -0.2) is 9.38 Å². The third-order valence-electron chi connectivity index (χ3n) is 7.77. The van der Waals surface area contributed by atoms with E-state index in [9.17, 15) is 0 Å². The molecule has 0 bridgehead atoms. The highest BCUT2D eigenvalue weighted by Crippen LogP contribution is 2.44. The van der Waals surface area contributed by atoms with E-state index in [2.05, 4.69) is 85.0 Å². The molecule has 6 aromatic rings. The highest BCUT2D eigenvalue weighted by molar-refractivity contribution is 6.26. The summed E-state index contributed by atoms with van der Waals surface area (Å²) in [6, 6.07) is 13.4. The largest absolute Gasteiger partial charge is 0.307 e. The van der Waals surface area contributed by atoms with Crippen LogP contribution in [0.25, 0.3) is 54.0 Å². The van der Waals surface area contributed by atoms with Gasteiger partial charge in [-0.15, -0.1) is 0 Å². The lowest BCUT2D eigenvalue weighted by molar-refractivity contribution is -0.646. The van der Waals surface area contributed by atoms with Crippen molar-refractivity contribution in [3.8, 4) is 0 Å². The molecule has 0 N–H and O–H groups in total. The zero-order valence-electron chi connectivity index (χ0n) is 20.9. The second-order valence-corrected chi connectivity index (χ2v) is 10.6. The fourth-order valence-corrected chi connectivity index (χ4v) is 5.71. The smallest absolute Gasteiger partial charge is 0.287 e. The Morgan fingerprint density at radius 3 is 2.50 bits per heavy atom. The van der Waals surface area contributed by atoms with Gasteiger partial charge in [0.1, 0.15) is 5.52 Å². The number of aryl methyl sites for hydroxylation is 3. The molecule has 0 radical (unpaired) electrons. The van der Waals surface area contributed by atoms with Gasteiger partial charge in [-0.05, 0) is 53.6 Å². The molecular weight excluding hydrogens is 416 g/mol. The van der Waals surface area contributed by atoms with Gasteiger partial charge in [-0.3, -0.25) is 0 Å². The van der Waals surface area contributed by atoms with E-state index in [1.165, 1.54) is 49.4 Å². The van der Waals surface area contributed by atoms with Crippen molar-refractivity contribution in [1.29, 1.82) is 0 Å². The van der Waals surface area contributed by atoms with Crippen LogP contribution >= 0.6 is 0 Å². The molecular formula is C30H29N4+. The first-order valence-corrected chi connectivity index (χ1v) is 11.9. The van der Waals surface area contributed by atoms with Crippen LogP contribution in [0, 0.1) is 20.4 Å². The Morgan fingerprint density at radius 1 is 1.03 bits per heavy atom. The van der Waals surface area contributed by atoms with Gasteiger partial charge < -0.3 is 9.25 Å². The maximum Gasteiger partial charge on any atom is 0.287 e. The summed E-state index contributed by atoms with van der Waals surface area (Å²) < 4.78 is 4.64. The van der Waals surface area contributed by atoms with Gasteiger partial charge in [-0.2, -0.15) is 0 Å². The second kappa shape index (κ2) is 6.67. The number of fused-ring (bicyclic) bond motifs is 5. The summed E-state index contributed by atoms with van der Waals surface area (Å²) in [7, 11) is 2.09. The molecule has 3 heterocycles. The summed E-state index contributed by atoms with van der Waals surface area (Å²) in [4.78, 5) is 8.80. The van der Waals surface area contributed by atoms with Crippen molar-refractivity contribution >= 4 is 49.1 Å². The third-order valence-corrected chi connectivity index (χ3v) is 7.77. The number of aromatic nitrogens is 3. The van der Waals surface area contributed by atoms with E-state index >= 15 is 0 Å². The zero-order chi connectivity index (χ0) is 24.1. The summed E-state index contributed by atoms with van der Waals surface area (Å²) in [5.74, 6) is 0.389. The summed E-state index contributed by atoms with van der Waals surface area (Å²) >= 11 is 0. The molecule has 3 aromatic heterocycles. The van der Waals surface area contributed by atoms with E-state index in [1.807, 2.05) is 20.2 Å². The molecule has 0 unspecified atom stereocenters. The summed E-state index contributed by atoms with van der Waals surface area (Å²) in [5, 5.41) is 5.03. The molecule has 6 rings (SSSR count). The maximum atomic E-state index is 7.84. The Kier molecular flexibility index (Phi) is 4.09. The van der Waals surface area contributed by atoms with Crippen LogP contribution < -0.4 is 4.57 Å². The molecule has 0 spiro atoms. The second-order valence-electron chi connectivity index (χ2n) is 10.6. The Morgan fingerprint density at radius 2 is 1.79 bits per heavy atom. The van der Waals surface area contributed by atoms with Crippen molar-refractivity contribution in [3.63, 3.8) is 0 Å². The summed E-state index contributed by atoms with van der Waals surface area (Å²) in [6.07, 6.45) is 1.92. The lowest BCUT2D eigenvalue weighted by atomic mass is 9.92. The van der Waals surface area contributed by atoms with Crippen LogP contribution in [0.2, 0.25) is 0 Å². The third kappa shape index (κ3) is 2.47. The number of nitrogens with zero attached hydrogens (tertiary/aromatic N) is 4. The van der Waals surface area contributed by atoms with Crippen molar-refractivity contribution in [2.45, 2.75) is 53.0 Å². The molecule has 4 nitrogen and oxygen atoms in total. The van der Waals surface area contributed by atoms with Crippen LogP contribution in [0.5, 0.6) is 0 Å². The molecule has 3 aromatic carbocycles. The van der Waals surface area contributed by atoms with Crippen molar-refractivity contribution in [1.82, 2.24) is 9.38 Å². The van der Waals surface area contributed by atoms with E-state index < -0.39 is 5.54 Å². The maximum absolute atomic E-state index is 7.84. The average Bonchev–Trinajstić information content (AvgIpc) is 3.14. The Labute approximate surface area is 199 Å². The predicted octanol–water partition coefficient (Wildman–Crippen LogP) is 7.10. The van der Waals surface area contributed by atoms with Crippen molar-refractivity contribution in [2.24, 2.45) is 7.05 Å². The fraction of sp³-hybridized carbons (Fsp3) is 0.300. The van der Waals surface area contributed by atoms with E-state index in [0.717, 1.165) is 22.0 Å². The first-order valence-electron chi connectivity index (χ1n) is 11.9. The van der Waals surface area contributed by atoms with Gasteiger partial charge in [0, 0.05) is 36.2 Å². The molecule has 0 saturated heterocycles. The van der Waals surface area contributed by atoms with Gasteiger partial charge in [0.2, 0.25) is 0 Å². The van der Waals surface area contributed by atoms with Crippen LogP contribution in [0.4, 0.5) is 0 Å². The molecule has 34 heavy (non-hydrogen) atoms. The van der Waals surface area contributed by atoms with Gasteiger partial charge in [-0.1, -0.05) is 32.0 Å². The van der Waals surface area contributed by atoms with Crippen molar-refractivity contribution in [2.75, 3.05) is 0 Å². The molecule has 0 amide bonds. The molecule has 168 valence electrons. The number of hydrogen-bond acceptors (Lipinski definition) is 1. The quantitative estimate of drug-likeness (QED) is 0.121. The highest BCUT2D eigenvalue weighted by atomic mass is 15.0. The van der Waals surface area contributed by atoms with Crippen molar-refractivity contribution in [3.05, 3.63) is 76.4 Å². The fourth-order valence-electron chi connectivity index (χ4n) is 5.71. The first kappa shape index (κ1) is 20.9. The molecule has 0 aliphatic heterocycles. The van der Waals surface area contributed by atoms with Gasteiger partial charge in [0.15, 0.2) is 5.52 Å². The number of pyridine rings is 1. The molecule has 0 fully saturated rings. The molecule has 0 aliphatic rings.